The molecule has 8 heteroatoms. The largest absolute Gasteiger partial charge is 0.448 e. The summed E-state index contributed by atoms with van der Waals surface area (Å²) in [6.07, 6.45) is -0.754. The molecule has 2 aliphatic rings. The summed E-state index contributed by atoms with van der Waals surface area (Å²) < 4.78 is 22.7. The summed E-state index contributed by atoms with van der Waals surface area (Å²) >= 11 is 0. The molecular formula is C38H40N2O6. The zero-order valence-corrected chi connectivity index (χ0v) is 26.4. The SMILES string of the molecule is CN(CCOCCOCCN(C)C(=O)OCC1c2ccccc2-c2ccccc21)C(=O)OCC1c2ccccc2-c2ccccc21. The average molecular weight is 621 g/mol. The predicted molar refractivity (Wildman–Crippen MR) is 177 cm³/mol. The molecule has 8 nitrogen and oxygen atoms in total. The number of ether oxygens (including phenoxy) is 4. The van der Waals surface area contributed by atoms with Crippen molar-refractivity contribution in [3.05, 3.63) is 119 Å². The van der Waals surface area contributed by atoms with Gasteiger partial charge in [-0.25, -0.2) is 9.59 Å². The van der Waals surface area contributed by atoms with Crippen LogP contribution in [-0.2, 0) is 18.9 Å². The topological polar surface area (TPSA) is 77.5 Å². The van der Waals surface area contributed by atoms with E-state index in [1.807, 2.05) is 48.5 Å². The normalized spacial score (nSPS) is 13.0. The molecule has 0 N–H and O–H groups in total. The van der Waals surface area contributed by atoms with E-state index in [1.54, 1.807) is 14.1 Å². The second-order valence-electron chi connectivity index (χ2n) is 11.7. The van der Waals surface area contributed by atoms with E-state index >= 15 is 0 Å². The summed E-state index contributed by atoms with van der Waals surface area (Å²) in [6.45, 7) is 2.88. The maximum atomic E-state index is 12.7. The van der Waals surface area contributed by atoms with E-state index in [0.29, 0.717) is 39.5 Å². The van der Waals surface area contributed by atoms with Crippen molar-refractivity contribution in [1.82, 2.24) is 9.80 Å². The van der Waals surface area contributed by atoms with Crippen LogP contribution < -0.4 is 0 Å². The van der Waals surface area contributed by atoms with Gasteiger partial charge in [0.05, 0.1) is 26.4 Å². The number of fused-ring (bicyclic) bond motifs is 6. The fourth-order valence-electron chi connectivity index (χ4n) is 6.32. The number of rotatable bonds is 13. The molecule has 2 aliphatic carbocycles. The van der Waals surface area contributed by atoms with E-state index in [0.717, 1.165) is 0 Å². The molecular weight excluding hydrogens is 580 g/mol. The minimum absolute atomic E-state index is 0.0290. The van der Waals surface area contributed by atoms with Crippen molar-refractivity contribution in [2.24, 2.45) is 0 Å². The Balaban J connectivity index is 0.835. The van der Waals surface area contributed by atoms with Crippen molar-refractivity contribution in [3.63, 3.8) is 0 Å². The second-order valence-corrected chi connectivity index (χ2v) is 11.7. The standard InChI is InChI=1S/C38H40N2O6/c1-39(37(41)45-25-35-31-15-7-3-11-27(31)28-12-4-8-16-32(28)35)19-21-43-23-24-44-22-20-40(2)38(42)46-26-36-33-17-9-5-13-29(33)30-14-6-10-18-34(30)36/h3-18,35-36H,19-26H2,1-2H3. The summed E-state index contributed by atoms with van der Waals surface area (Å²) in [5.41, 5.74) is 9.55. The number of benzene rings is 4. The van der Waals surface area contributed by atoms with Crippen molar-refractivity contribution in [3.8, 4) is 22.3 Å². The van der Waals surface area contributed by atoms with Gasteiger partial charge in [-0.1, -0.05) is 97.1 Å². The third-order valence-electron chi connectivity index (χ3n) is 8.81. The van der Waals surface area contributed by atoms with Gasteiger partial charge in [-0.15, -0.1) is 0 Å². The monoisotopic (exact) mass is 620 g/mol. The number of likely N-dealkylation sites (N-methyl/N-ethyl adjacent to an activating group) is 2. The molecule has 0 radical (unpaired) electrons. The van der Waals surface area contributed by atoms with Crippen LogP contribution in [0.2, 0.25) is 0 Å². The Kier molecular flexibility index (Phi) is 9.96. The molecule has 0 aliphatic heterocycles. The molecule has 0 spiro atoms. The van der Waals surface area contributed by atoms with E-state index in [1.165, 1.54) is 54.3 Å². The van der Waals surface area contributed by atoms with Crippen LogP contribution in [-0.4, -0.2) is 88.8 Å². The summed E-state index contributed by atoms with van der Waals surface area (Å²) in [4.78, 5) is 28.4. The summed E-state index contributed by atoms with van der Waals surface area (Å²) in [5.74, 6) is 0.0580. The predicted octanol–water partition coefficient (Wildman–Crippen LogP) is 6.78. The lowest BCUT2D eigenvalue weighted by Gasteiger charge is -2.20. The van der Waals surface area contributed by atoms with Crippen LogP contribution in [0.1, 0.15) is 34.1 Å². The smallest absolute Gasteiger partial charge is 0.409 e. The van der Waals surface area contributed by atoms with E-state index in [4.69, 9.17) is 18.9 Å². The molecule has 238 valence electrons. The van der Waals surface area contributed by atoms with Gasteiger partial charge < -0.3 is 28.7 Å². The summed E-state index contributed by atoms with van der Waals surface area (Å²) in [5, 5.41) is 0. The maximum Gasteiger partial charge on any atom is 0.409 e. The molecule has 2 amide bonds. The zero-order chi connectivity index (χ0) is 31.9. The van der Waals surface area contributed by atoms with Gasteiger partial charge in [0.15, 0.2) is 0 Å². The minimum atomic E-state index is -0.377. The van der Waals surface area contributed by atoms with Crippen LogP contribution in [0.5, 0.6) is 0 Å². The van der Waals surface area contributed by atoms with E-state index < -0.39 is 0 Å². The molecule has 0 saturated carbocycles. The van der Waals surface area contributed by atoms with Crippen molar-refractivity contribution < 1.29 is 28.5 Å². The zero-order valence-electron chi connectivity index (χ0n) is 26.4. The van der Waals surface area contributed by atoms with Gasteiger partial charge in [0, 0.05) is 39.0 Å². The lowest BCUT2D eigenvalue weighted by molar-refractivity contribution is 0.0313. The molecule has 4 aromatic rings. The fourth-order valence-corrected chi connectivity index (χ4v) is 6.32. The first-order valence-electron chi connectivity index (χ1n) is 15.8. The number of amides is 2. The first kappa shape index (κ1) is 31.3. The highest BCUT2D eigenvalue weighted by molar-refractivity contribution is 5.80. The molecule has 0 heterocycles. The number of nitrogens with zero attached hydrogens (tertiary/aromatic N) is 2. The molecule has 4 aromatic carbocycles. The fraction of sp³-hybridized carbons (Fsp3) is 0.316. The average Bonchev–Trinajstić information content (AvgIpc) is 3.59. The Labute approximate surface area is 270 Å². The van der Waals surface area contributed by atoms with Crippen LogP contribution in [0.15, 0.2) is 97.1 Å². The molecule has 0 atom stereocenters. The Bertz CT molecular complexity index is 1460. The highest BCUT2D eigenvalue weighted by Crippen LogP contribution is 2.45. The quantitative estimate of drug-likeness (QED) is 0.153. The number of hydrogen-bond donors (Lipinski definition) is 0. The van der Waals surface area contributed by atoms with Crippen LogP contribution in [0, 0.1) is 0 Å². The molecule has 6 rings (SSSR count). The number of hydrogen-bond acceptors (Lipinski definition) is 6. The van der Waals surface area contributed by atoms with Crippen LogP contribution in [0.25, 0.3) is 22.3 Å². The van der Waals surface area contributed by atoms with Gasteiger partial charge in [0.1, 0.15) is 13.2 Å². The lowest BCUT2D eigenvalue weighted by Crippen LogP contribution is -2.32. The third kappa shape index (κ3) is 6.78. The summed E-state index contributed by atoms with van der Waals surface area (Å²) in [6, 6.07) is 33.1. The van der Waals surface area contributed by atoms with Crippen LogP contribution >= 0.6 is 0 Å². The van der Waals surface area contributed by atoms with Gasteiger partial charge >= 0.3 is 12.2 Å². The number of carbonyl (C=O) groups excluding carboxylic acids is 2. The molecule has 0 aromatic heterocycles. The Morgan fingerprint density at radius 2 is 0.804 bits per heavy atom. The van der Waals surface area contributed by atoms with Crippen molar-refractivity contribution in [1.29, 1.82) is 0 Å². The van der Waals surface area contributed by atoms with Gasteiger partial charge in [0.2, 0.25) is 0 Å². The van der Waals surface area contributed by atoms with Gasteiger partial charge in [-0.2, -0.15) is 0 Å². The Hall–Kier alpha value is -4.66. The second kappa shape index (κ2) is 14.6. The van der Waals surface area contributed by atoms with Gasteiger partial charge in [0.25, 0.3) is 0 Å². The molecule has 46 heavy (non-hydrogen) atoms. The number of carbonyl (C=O) groups is 2. The van der Waals surface area contributed by atoms with E-state index in [2.05, 4.69) is 48.5 Å². The van der Waals surface area contributed by atoms with Crippen molar-refractivity contribution >= 4 is 12.2 Å². The van der Waals surface area contributed by atoms with Crippen LogP contribution in [0.4, 0.5) is 9.59 Å². The molecule has 0 saturated heterocycles. The maximum absolute atomic E-state index is 12.7. The third-order valence-corrected chi connectivity index (χ3v) is 8.81. The Morgan fingerprint density at radius 1 is 0.500 bits per heavy atom. The highest BCUT2D eigenvalue weighted by atomic mass is 16.6. The van der Waals surface area contributed by atoms with Crippen molar-refractivity contribution in [2.45, 2.75) is 11.8 Å². The summed E-state index contributed by atoms with van der Waals surface area (Å²) in [7, 11) is 3.41. The lowest BCUT2D eigenvalue weighted by atomic mass is 9.98. The molecule has 0 fully saturated rings. The molecule has 0 bridgehead atoms. The van der Waals surface area contributed by atoms with E-state index in [9.17, 15) is 9.59 Å². The van der Waals surface area contributed by atoms with Crippen molar-refractivity contribution in [2.75, 3.05) is 66.8 Å². The van der Waals surface area contributed by atoms with Crippen LogP contribution in [0.3, 0.4) is 0 Å². The Morgan fingerprint density at radius 3 is 1.13 bits per heavy atom. The van der Waals surface area contributed by atoms with Gasteiger partial charge in [-0.05, 0) is 44.5 Å². The first-order chi connectivity index (χ1) is 22.5. The van der Waals surface area contributed by atoms with E-state index in [-0.39, 0.29) is 37.2 Å². The van der Waals surface area contributed by atoms with Gasteiger partial charge in [-0.3, -0.25) is 0 Å². The highest BCUT2D eigenvalue weighted by Gasteiger charge is 2.30. The first-order valence-corrected chi connectivity index (χ1v) is 15.8. The molecule has 0 unspecified atom stereocenters. The minimum Gasteiger partial charge on any atom is -0.448 e.